The molecule has 0 aliphatic carbocycles. The van der Waals surface area contributed by atoms with Crippen LogP contribution in [0.3, 0.4) is 0 Å². The third-order valence-electron chi connectivity index (χ3n) is 1.87. The van der Waals surface area contributed by atoms with Gasteiger partial charge in [-0.15, -0.1) is 0 Å². The van der Waals surface area contributed by atoms with Gasteiger partial charge in [-0.3, -0.25) is 10.1 Å². The van der Waals surface area contributed by atoms with Crippen molar-refractivity contribution < 1.29 is 0 Å². The predicted octanol–water partition coefficient (Wildman–Crippen LogP) is 1.92. The van der Waals surface area contributed by atoms with Crippen LogP contribution in [0.25, 0.3) is 0 Å². The Bertz CT molecular complexity index is 294. The Kier molecular flexibility index (Phi) is 3.48. The van der Waals surface area contributed by atoms with Gasteiger partial charge in [-0.05, 0) is 22.4 Å². The zero-order valence-electron chi connectivity index (χ0n) is 7.50. The van der Waals surface area contributed by atoms with E-state index in [1.54, 1.807) is 6.20 Å². The summed E-state index contributed by atoms with van der Waals surface area (Å²) in [5, 5.41) is 11.4. The summed E-state index contributed by atoms with van der Waals surface area (Å²) in [4.78, 5) is 0. The van der Waals surface area contributed by atoms with Crippen LogP contribution in [0.4, 0.5) is 0 Å². The van der Waals surface area contributed by atoms with Crippen molar-refractivity contribution in [3.8, 4) is 0 Å². The molecule has 0 aliphatic rings. The van der Waals surface area contributed by atoms with Crippen LogP contribution in [0.15, 0.2) is 16.9 Å². The van der Waals surface area contributed by atoms with Crippen LogP contribution in [0.1, 0.15) is 25.8 Å². The normalized spacial score (nSPS) is 12.8. The summed E-state index contributed by atoms with van der Waals surface area (Å²) in [6, 6.07) is 0.198. The Morgan fingerprint density at radius 2 is 2.54 bits per heavy atom. The van der Waals surface area contributed by atoms with E-state index in [1.165, 1.54) is 0 Å². The molecule has 1 aromatic rings. The van der Waals surface area contributed by atoms with Gasteiger partial charge in [-0.2, -0.15) is 5.10 Å². The monoisotopic (exact) mass is 244 g/mol. The molecule has 0 amide bonds. The van der Waals surface area contributed by atoms with Gasteiger partial charge in [-0.1, -0.05) is 6.92 Å². The molecule has 0 aromatic carbocycles. The first kappa shape index (κ1) is 10.2. The quantitative estimate of drug-likeness (QED) is 0.628. The van der Waals surface area contributed by atoms with Crippen molar-refractivity contribution in [1.82, 2.24) is 9.78 Å². The van der Waals surface area contributed by atoms with E-state index in [0.29, 0.717) is 6.42 Å². The molecule has 3 N–H and O–H groups in total. The van der Waals surface area contributed by atoms with Crippen molar-refractivity contribution in [2.75, 3.05) is 0 Å². The predicted molar refractivity (Wildman–Crippen MR) is 55.8 cm³/mol. The number of aromatic nitrogens is 2. The maximum absolute atomic E-state index is 7.21. The highest BCUT2D eigenvalue weighted by molar-refractivity contribution is 9.10. The lowest BCUT2D eigenvalue weighted by Crippen LogP contribution is -2.18. The van der Waals surface area contributed by atoms with Crippen LogP contribution >= 0.6 is 15.9 Å². The fraction of sp³-hybridized carbons (Fsp3) is 0.500. The molecule has 0 saturated heterocycles. The van der Waals surface area contributed by atoms with Gasteiger partial charge in [0.25, 0.3) is 0 Å². The first-order valence-electron chi connectivity index (χ1n) is 4.16. The maximum atomic E-state index is 7.21. The molecule has 1 aromatic heterocycles. The van der Waals surface area contributed by atoms with Crippen LogP contribution < -0.4 is 5.73 Å². The molecule has 13 heavy (non-hydrogen) atoms. The minimum Gasteiger partial charge on any atom is -0.388 e. The summed E-state index contributed by atoms with van der Waals surface area (Å²) < 4.78 is 2.79. The lowest BCUT2D eigenvalue weighted by Gasteiger charge is -2.13. The molecule has 0 aliphatic heterocycles. The number of hydrogen-bond donors (Lipinski definition) is 2. The zero-order chi connectivity index (χ0) is 9.84. The van der Waals surface area contributed by atoms with E-state index in [1.807, 2.05) is 10.9 Å². The number of rotatable bonds is 4. The van der Waals surface area contributed by atoms with Gasteiger partial charge in [0, 0.05) is 12.6 Å². The summed E-state index contributed by atoms with van der Waals surface area (Å²) in [5.74, 6) is 0.207. The molecule has 4 nitrogen and oxygen atoms in total. The molecular weight excluding hydrogens is 232 g/mol. The van der Waals surface area contributed by atoms with Crippen molar-refractivity contribution in [2.45, 2.75) is 25.8 Å². The minimum atomic E-state index is 0.198. The van der Waals surface area contributed by atoms with E-state index in [9.17, 15) is 0 Å². The molecule has 0 saturated carbocycles. The summed E-state index contributed by atoms with van der Waals surface area (Å²) in [7, 11) is 0. The molecule has 1 rings (SSSR count). The van der Waals surface area contributed by atoms with Crippen molar-refractivity contribution in [3.63, 3.8) is 0 Å². The van der Waals surface area contributed by atoms with E-state index in [0.717, 1.165) is 10.9 Å². The van der Waals surface area contributed by atoms with Crippen molar-refractivity contribution in [1.29, 1.82) is 5.41 Å². The van der Waals surface area contributed by atoms with Crippen LogP contribution in [-0.4, -0.2) is 15.6 Å². The SMILES string of the molecule is CCC(CC(=N)N)n1cc(Br)cn1. The van der Waals surface area contributed by atoms with Crippen molar-refractivity contribution in [2.24, 2.45) is 5.73 Å². The molecule has 0 bridgehead atoms. The number of hydrogen-bond acceptors (Lipinski definition) is 2. The van der Waals surface area contributed by atoms with Crippen LogP contribution in [0.2, 0.25) is 0 Å². The maximum Gasteiger partial charge on any atom is 0.0926 e. The molecular formula is C8H13BrN4. The van der Waals surface area contributed by atoms with Gasteiger partial charge >= 0.3 is 0 Å². The van der Waals surface area contributed by atoms with Crippen LogP contribution in [0.5, 0.6) is 0 Å². The average molecular weight is 245 g/mol. The topological polar surface area (TPSA) is 67.7 Å². The molecule has 72 valence electrons. The highest BCUT2D eigenvalue weighted by Crippen LogP contribution is 2.17. The lowest BCUT2D eigenvalue weighted by atomic mass is 10.1. The van der Waals surface area contributed by atoms with E-state index in [-0.39, 0.29) is 11.9 Å². The first-order valence-corrected chi connectivity index (χ1v) is 4.95. The van der Waals surface area contributed by atoms with Gasteiger partial charge in [0.15, 0.2) is 0 Å². The van der Waals surface area contributed by atoms with Gasteiger partial charge in [0.05, 0.1) is 22.5 Å². The number of nitrogens with two attached hydrogens (primary N) is 1. The number of nitrogens with one attached hydrogen (secondary N) is 1. The minimum absolute atomic E-state index is 0.198. The molecule has 0 radical (unpaired) electrons. The first-order chi connectivity index (χ1) is 6.13. The molecule has 1 heterocycles. The zero-order valence-corrected chi connectivity index (χ0v) is 9.08. The smallest absolute Gasteiger partial charge is 0.0926 e. The van der Waals surface area contributed by atoms with Gasteiger partial charge in [-0.25, -0.2) is 0 Å². The Balaban J connectivity index is 2.72. The third-order valence-corrected chi connectivity index (χ3v) is 2.28. The number of amidine groups is 1. The van der Waals surface area contributed by atoms with Crippen LogP contribution in [0, 0.1) is 5.41 Å². The largest absolute Gasteiger partial charge is 0.388 e. The van der Waals surface area contributed by atoms with E-state index >= 15 is 0 Å². The van der Waals surface area contributed by atoms with Gasteiger partial charge in [0.2, 0.25) is 0 Å². The lowest BCUT2D eigenvalue weighted by molar-refractivity contribution is 0.452. The molecule has 5 heteroatoms. The molecule has 0 spiro atoms. The number of halogens is 1. The second kappa shape index (κ2) is 4.41. The Labute approximate surface area is 85.8 Å². The third kappa shape index (κ3) is 2.84. The van der Waals surface area contributed by atoms with Crippen molar-refractivity contribution >= 4 is 21.8 Å². The van der Waals surface area contributed by atoms with Gasteiger partial charge in [0.1, 0.15) is 0 Å². The summed E-state index contributed by atoms with van der Waals surface area (Å²) in [6.45, 7) is 2.06. The standard InChI is InChI=1S/C8H13BrN4/c1-2-7(3-8(10)11)13-5-6(9)4-12-13/h4-5,7H,2-3H2,1H3,(H3,10,11). The van der Waals surface area contributed by atoms with E-state index in [2.05, 4.69) is 28.0 Å². The average Bonchev–Trinajstić information content (AvgIpc) is 2.47. The fourth-order valence-corrected chi connectivity index (χ4v) is 1.49. The molecule has 1 unspecified atom stereocenters. The van der Waals surface area contributed by atoms with Gasteiger partial charge < -0.3 is 5.73 Å². The summed E-state index contributed by atoms with van der Waals surface area (Å²) >= 11 is 3.33. The van der Waals surface area contributed by atoms with E-state index in [4.69, 9.17) is 11.1 Å². The second-order valence-corrected chi connectivity index (χ2v) is 3.85. The number of nitrogens with zero attached hydrogens (tertiary/aromatic N) is 2. The van der Waals surface area contributed by atoms with Crippen molar-refractivity contribution in [3.05, 3.63) is 16.9 Å². The highest BCUT2D eigenvalue weighted by Gasteiger charge is 2.10. The Hall–Kier alpha value is -0.840. The summed E-state index contributed by atoms with van der Waals surface area (Å²) in [5.41, 5.74) is 5.34. The molecule has 1 atom stereocenters. The van der Waals surface area contributed by atoms with Crippen LogP contribution in [-0.2, 0) is 0 Å². The Morgan fingerprint density at radius 3 is 2.92 bits per heavy atom. The summed E-state index contributed by atoms with van der Waals surface area (Å²) in [6.07, 6.45) is 5.12. The van der Waals surface area contributed by atoms with E-state index < -0.39 is 0 Å². The Morgan fingerprint density at radius 1 is 1.85 bits per heavy atom. The highest BCUT2D eigenvalue weighted by atomic mass is 79.9. The fourth-order valence-electron chi connectivity index (χ4n) is 1.19. The molecule has 0 fully saturated rings. The second-order valence-electron chi connectivity index (χ2n) is 2.93.